The molecular formula is C18H17Br3O2. The van der Waals surface area contributed by atoms with E-state index >= 15 is 0 Å². The molecule has 0 spiro atoms. The summed E-state index contributed by atoms with van der Waals surface area (Å²) in [5.74, 6) is 1.11. The normalized spacial score (nSPS) is 22.3. The summed E-state index contributed by atoms with van der Waals surface area (Å²) in [6, 6.07) is 10.0. The molecule has 0 aliphatic carbocycles. The first-order valence-electron chi connectivity index (χ1n) is 7.30. The number of ether oxygens (including phenoxy) is 1. The van der Waals surface area contributed by atoms with Gasteiger partial charge in [-0.05, 0) is 80.1 Å². The third-order valence-electron chi connectivity index (χ3n) is 4.41. The Morgan fingerprint density at radius 2 is 1.61 bits per heavy atom. The fourth-order valence-corrected chi connectivity index (χ4v) is 4.92. The van der Waals surface area contributed by atoms with Gasteiger partial charge in [0.05, 0.1) is 8.95 Å². The lowest BCUT2D eigenvalue weighted by molar-refractivity contribution is 0.0323. The van der Waals surface area contributed by atoms with Gasteiger partial charge in [0.25, 0.3) is 0 Å². The predicted molar refractivity (Wildman–Crippen MR) is 103 cm³/mol. The number of hydrogen-bond donors (Lipinski definition) is 1. The first-order valence-corrected chi connectivity index (χ1v) is 9.68. The average Bonchev–Trinajstić information content (AvgIpc) is 2.44. The number of halogens is 3. The lowest BCUT2D eigenvalue weighted by atomic mass is 9.71. The molecule has 1 aliphatic rings. The van der Waals surface area contributed by atoms with E-state index in [1.54, 1.807) is 0 Å². The summed E-state index contributed by atoms with van der Waals surface area (Å²) < 4.78 is 8.78. The Labute approximate surface area is 161 Å². The van der Waals surface area contributed by atoms with Gasteiger partial charge in [-0.3, -0.25) is 0 Å². The van der Waals surface area contributed by atoms with Crippen molar-refractivity contribution in [3.8, 4) is 11.5 Å². The molecule has 1 atom stereocenters. The molecule has 0 bridgehead atoms. The van der Waals surface area contributed by atoms with Gasteiger partial charge in [0.2, 0.25) is 0 Å². The van der Waals surface area contributed by atoms with Crippen LogP contribution in [0.15, 0.2) is 43.7 Å². The fraction of sp³-hybridized carbons (Fsp3) is 0.333. The molecule has 2 nitrogen and oxygen atoms in total. The monoisotopic (exact) mass is 502 g/mol. The van der Waals surface area contributed by atoms with Crippen LogP contribution in [0.3, 0.4) is 0 Å². The lowest BCUT2D eigenvalue weighted by Crippen LogP contribution is -2.41. The lowest BCUT2D eigenvalue weighted by Gasteiger charge is -2.44. The number of phenols is 1. The number of phenolic OH excluding ortho intramolecular Hbond substituents is 1. The van der Waals surface area contributed by atoms with Gasteiger partial charge in [-0.2, -0.15) is 0 Å². The van der Waals surface area contributed by atoms with Crippen LogP contribution in [-0.4, -0.2) is 5.11 Å². The molecule has 0 saturated heterocycles. The van der Waals surface area contributed by atoms with Crippen LogP contribution in [0.5, 0.6) is 11.5 Å². The summed E-state index contributed by atoms with van der Waals surface area (Å²) in [7, 11) is 0. The average molecular weight is 505 g/mol. The second kappa shape index (κ2) is 5.78. The highest BCUT2D eigenvalue weighted by Crippen LogP contribution is 2.50. The van der Waals surface area contributed by atoms with E-state index in [9.17, 15) is 5.11 Å². The molecule has 1 unspecified atom stereocenters. The maximum atomic E-state index is 9.96. The van der Waals surface area contributed by atoms with Crippen molar-refractivity contribution in [2.75, 3.05) is 0 Å². The molecule has 1 aliphatic heterocycles. The summed E-state index contributed by atoms with van der Waals surface area (Å²) in [5.41, 5.74) is 1.74. The first kappa shape index (κ1) is 17.3. The van der Waals surface area contributed by atoms with Gasteiger partial charge >= 0.3 is 0 Å². The minimum atomic E-state index is -0.469. The third kappa shape index (κ3) is 3.08. The Hall–Kier alpha value is -0.520. The first-order chi connectivity index (χ1) is 10.6. The highest BCUT2D eigenvalue weighted by atomic mass is 79.9. The van der Waals surface area contributed by atoms with Crippen molar-refractivity contribution in [2.24, 2.45) is 0 Å². The summed E-state index contributed by atoms with van der Waals surface area (Å²) in [6.07, 6.45) is 0.840. The molecule has 1 heterocycles. The Balaban J connectivity index is 2.13. The van der Waals surface area contributed by atoms with Crippen molar-refractivity contribution in [1.29, 1.82) is 0 Å². The molecule has 23 heavy (non-hydrogen) atoms. The maximum Gasteiger partial charge on any atom is 0.143 e. The van der Waals surface area contributed by atoms with Crippen LogP contribution >= 0.6 is 47.8 Å². The fourth-order valence-electron chi connectivity index (χ4n) is 3.37. The number of hydrogen-bond acceptors (Lipinski definition) is 2. The Bertz CT molecular complexity index is 763. The minimum absolute atomic E-state index is 0.0248. The zero-order valence-electron chi connectivity index (χ0n) is 13.1. The van der Waals surface area contributed by atoms with E-state index in [2.05, 4.69) is 74.6 Å². The van der Waals surface area contributed by atoms with Gasteiger partial charge in [0.15, 0.2) is 0 Å². The second-order valence-electron chi connectivity index (χ2n) is 6.82. The van der Waals surface area contributed by atoms with E-state index in [-0.39, 0.29) is 11.2 Å². The zero-order valence-corrected chi connectivity index (χ0v) is 17.8. The van der Waals surface area contributed by atoms with E-state index in [0.717, 1.165) is 22.2 Å². The quantitative estimate of drug-likeness (QED) is 0.471. The summed E-state index contributed by atoms with van der Waals surface area (Å²) >= 11 is 10.4. The molecule has 0 amide bonds. The van der Waals surface area contributed by atoms with Crippen LogP contribution in [0.2, 0.25) is 0 Å². The van der Waals surface area contributed by atoms with Crippen LogP contribution in [0, 0.1) is 0 Å². The van der Waals surface area contributed by atoms with Crippen LogP contribution in [0.4, 0.5) is 0 Å². The van der Waals surface area contributed by atoms with Crippen LogP contribution < -0.4 is 4.74 Å². The molecule has 5 heteroatoms. The van der Waals surface area contributed by atoms with E-state index in [4.69, 9.17) is 4.74 Å². The second-order valence-corrected chi connectivity index (χ2v) is 9.45. The Morgan fingerprint density at radius 3 is 2.22 bits per heavy atom. The van der Waals surface area contributed by atoms with E-state index in [0.29, 0.717) is 8.95 Å². The van der Waals surface area contributed by atoms with Crippen molar-refractivity contribution < 1.29 is 9.84 Å². The standard InChI is InChI=1S/C18H17Br3O2/c1-17(2)9-18(3,10-6-13(20)16(22)14(21)7-10)23-15-5-4-11(19)8-12(15)17/h4-8,22H,9H2,1-3H3. The van der Waals surface area contributed by atoms with Crippen molar-refractivity contribution in [2.45, 2.75) is 38.2 Å². The van der Waals surface area contributed by atoms with Gasteiger partial charge in [-0.25, -0.2) is 0 Å². The molecule has 0 radical (unpaired) electrons. The smallest absolute Gasteiger partial charge is 0.143 e. The van der Waals surface area contributed by atoms with E-state index < -0.39 is 5.60 Å². The van der Waals surface area contributed by atoms with Gasteiger partial charge < -0.3 is 9.84 Å². The number of aromatic hydroxyl groups is 1. The number of benzene rings is 2. The van der Waals surface area contributed by atoms with Crippen LogP contribution in [0.1, 0.15) is 38.3 Å². The van der Waals surface area contributed by atoms with Crippen LogP contribution in [-0.2, 0) is 11.0 Å². The van der Waals surface area contributed by atoms with Gasteiger partial charge in [-0.1, -0.05) is 29.8 Å². The van der Waals surface area contributed by atoms with Crippen molar-refractivity contribution in [1.82, 2.24) is 0 Å². The highest BCUT2D eigenvalue weighted by Gasteiger charge is 2.43. The molecule has 0 saturated carbocycles. The SMILES string of the molecule is CC1(C)CC(C)(c2cc(Br)c(O)c(Br)c2)Oc2ccc(Br)cc21. The number of rotatable bonds is 1. The summed E-state index contributed by atoms with van der Waals surface area (Å²) in [5, 5.41) is 9.96. The summed E-state index contributed by atoms with van der Waals surface area (Å²) in [4.78, 5) is 0. The molecule has 2 aromatic carbocycles. The third-order valence-corrected chi connectivity index (χ3v) is 6.12. The molecule has 0 fully saturated rings. The van der Waals surface area contributed by atoms with Gasteiger partial charge in [0.1, 0.15) is 17.1 Å². The van der Waals surface area contributed by atoms with Gasteiger partial charge in [-0.15, -0.1) is 0 Å². The van der Waals surface area contributed by atoms with Crippen molar-refractivity contribution in [3.05, 3.63) is 54.9 Å². The maximum absolute atomic E-state index is 9.96. The van der Waals surface area contributed by atoms with Crippen molar-refractivity contribution in [3.63, 3.8) is 0 Å². The summed E-state index contributed by atoms with van der Waals surface area (Å²) in [6.45, 7) is 6.58. The van der Waals surface area contributed by atoms with Crippen LogP contribution in [0.25, 0.3) is 0 Å². The molecular weight excluding hydrogens is 488 g/mol. The molecule has 122 valence electrons. The highest BCUT2D eigenvalue weighted by molar-refractivity contribution is 9.11. The number of fused-ring (bicyclic) bond motifs is 1. The Kier molecular flexibility index (Phi) is 4.35. The van der Waals surface area contributed by atoms with E-state index in [1.807, 2.05) is 24.3 Å². The zero-order chi connectivity index (χ0) is 17.0. The predicted octanol–water partition coefficient (Wildman–Crippen LogP) is 6.66. The molecule has 0 aromatic heterocycles. The molecule has 1 N–H and O–H groups in total. The minimum Gasteiger partial charge on any atom is -0.506 e. The topological polar surface area (TPSA) is 29.5 Å². The molecule has 2 aromatic rings. The molecule has 3 rings (SSSR count). The Morgan fingerprint density at radius 1 is 1.00 bits per heavy atom. The van der Waals surface area contributed by atoms with Crippen molar-refractivity contribution >= 4 is 47.8 Å². The van der Waals surface area contributed by atoms with Gasteiger partial charge in [0, 0.05) is 16.5 Å². The largest absolute Gasteiger partial charge is 0.506 e. The van der Waals surface area contributed by atoms with E-state index in [1.165, 1.54) is 5.56 Å².